The van der Waals surface area contributed by atoms with Crippen LogP contribution in [0.25, 0.3) is 44.7 Å². The molecule has 5 aromatic rings. The summed E-state index contributed by atoms with van der Waals surface area (Å²) in [6.07, 6.45) is 3.12. The van der Waals surface area contributed by atoms with E-state index >= 15 is 0 Å². The van der Waals surface area contributed by atoms with E-state index in [1.54, 1.807) is 12.3 Å². The molecule has 7 heteroatoms. The number of aromatic nitrogens is 2. The summed E-state index contributed by atoms with van der Waals surface area (Å²) in [5.41, 5.74) is 4.40. The van der Waals surface area contributed by atoms with Crippen molar-refractivity contribution in [3.63, 3.8) is 0 Å². The molecule has 0 aliphatic heterocycles. The number of nitrogens with one attached hydrogen (secondary N) is 2. The maximum atomic E-state index is 13.8. The summed E-state index contributed by atoms with van der Waals surface area (Å²) in [7, 11) is 0. The number of benzene rings is 3. The molecule has 0 unspecified atom stereocenters. The fourth-order valence-corrected chi connectivity index (χ4v) is 5.01. The Morgan fingerprint density at radius 3 is 2.33 bits per heavy atom. The van der Waals surface area contributed by atoms with Gasteiger partial charge in [0.1, 0.15) is 11.3 Å². The minimum atomic E-state index is -1.03. The van der Waals surface area contributed by atoms with E-state index in [-0.39, 0.29) is 5.43 Å². The second-order valence-electron chi connectivity index (χ2n) is 9.13. The van der Waals surface area contributed by atoms with Gasteiger partial charge in [-0.25, -0.2) is 4.79 Å². The van der Waals surface area contributed by atoms with Crippen LogP contribution in [-0.4, -0.2) is 21.4 Å². The number of hydrogen-bond donors (Lipinski definition) is 3. The molecule has 3 N–H and O–H groups in total. The van der Waals surface area contributed by atoms with E-state index in [9.17, 15) is 14.7 Å². The summed E-state index contributed by atoms with van der Waals surface area (Å²) in [5, 5.41) is 19.4. The van der Waals surface area contributed by atoms with Crippen molar-refractivity contribution in [3.05, 3.63) is 101 Å². The van der Waals surface area contributed by atoms with Crippen LogP contribution in [0.15, 0.2) is 94.3 Å². The van der Waals surface area contributed by atoms with Gasteiger partial charge in [0.15, 0.2) is 0 Å². The lowest BCUT2D eigenvalue weighted by Gasteiger charge is -2.42. The lowest BCUT2D eigenvalue weighted by Crippen LogP contribution is -2.50. The van der Waals surface area contributed by atoms with Crippen LogP contribution in [0, 0.1) is 0 Å². The fraction of sp³-hybridized carbons (Fsp3) is 0.138. The topological polar surface area (TPSA) is 108 Å². The Balaban J connectivity index is 1.51. The molecule has 7 nitrogen and oxygen atoms in total. The number of nitrogens with zero attached hydrogens (tertiary/aromatic N) is 1. The minimum absolute atomic E-state index is 0.124. The summed E-state index contributed by atoms with van der Waals surface area (Å²) in [6, 6.07) is 24.5. The third kappa shape index (κ3) is 3.65. The Morgan fingerprint density at radius 1 is 0.944 bits per heavy atom. The predicted molar refractivity (Wildman–Crippen MR) is 138 cm³/mol. The maximum Gasteiger partial charge on any atom is 0.405 e. The molecule has 0 spiro atoms. The molecule has 0 radical (unpaired) electrons. The first kappa shape index (κ1) is 21.9. The normalized spacial score (nSPS) is 14.3. The molecular formula is C29H23N3O4. The zero-order valence-corrected chi connectivity index (χ0v) is 19.3. The molecule has 1 saturated carbocycles. The zero-order valence-electron chi connectivity index (χ0n) is 19.3. The first-order valence-electron chi connectivity index (χ1n) is 11.8. The number of hydrogen-bond acceptors (Lipinski definition) is 4. The molecule has 36 heavy (non-hydrogen) atoms. The van der Waals surface area contributed by atoms with Gasteiger partial charge in [-0.05, 0) is 48.6 Å². The Kier molecular flexibility index (Phi) is 5.18. The second kappa shape index (κ2) is 8.53. The Hall–Kier alpha value is -4.65. The van der Waals surface area contributed by atoms with Crippen LogP contribution in [-0.2, 0) is 5.54 Å². The van der Waals surface area contributed by atoms with Crippen molar-refractivity contribution in [1.82, 2.24) is 15.5 Å². The molecule has 1 aliphatic carbocycles. The number of aromatic amines is 1. The van der Waals surface area contributed by atoms with Gasteiger partial charge in [0.25, 0.3) is 0 Å². The molecule has 0 atom stereocenters. The molecule has 3 aromatic carbocycles. The molecule has 178 valence electrons. The standard InChI is InChI=1S/C29H23N3O4/c33-26-22-12-9-20(23-13-16-30-32-23)17-24(22)36-27(19-5-2-1-3-6-19)25(26)18-7-10-21(11-8-18)29(14-4-15-29)31-28(34)35/h1-3,5-13,16-17,31H,4,14-15H2,(H,30,32)(H,34,35). The van der Waals surface area contributed by atoms with Gasteiger partial charge in [-0.2, -0.15) is 5.10 Å². The quantitative estimate of drug-likeness (QED) is 0.281. The van der Waals surface area contributed by atoms with Gasteiger partial charge in [-0.15, -0.1) is 0 Å². The van der Waals surface area contributed by atoms with Crippen LogP contribution < -0.4 is 10.7 Å². The average molecular weight is 478 g/mol. The minimum Gasteiger partial charge on any atom is -0.465 e. The van der Waals surface area contributed by atoms with Crippen molar-refractivity contribution < 1.29 is 14.3 Å². The Labute approximate surface area is 206 Å². The van der Waals surface area contributed by atoms with Crippen LogP contribution in [0.5, 0.6) is 0 Å². The first-order chi connectivity index (χ1) is 17.5. The highest BCUT2D eigenvalue weighted by Crippen LogP contribution is 2.42. The zero-order chi connectivity index (χ0) is 24.7. The summed E-state index contributed by atoms with van der Waals surface area (Å²) in [6.45, 7) is 0. The molecule has 1 fully saturated rings. The predicted octanol–water partition coefficient (Wildman–Crippen LogP) is 6.16. The summed E-state index contributed by atoms with van der Waals surface area (Å²) >= 11 is 0. The molecule has 1 aliphatic rings. The van der Waals surface area contributed by atoms with Gasteiger partial charge in [0, 0.05) is 17.3 Å². The van der Waals surface area contributed by atoms with E-state index in [2.05, 4.69) is 15.5 Å². The van der Waals surface area contributed by atoms with Crippen molar-refractivity contribution in [2.24, 2.45) is 0 Å². The number of fused-ring (bicyclic) bond motifs is 1. The molecule has 1 amide bonds. The monoisotopic (exact) mass is 477 g/mol. The molecule has 2 aromatic heterocycles. The van der Waals surface area contributed by atoms with Gasteiger partial charge >= 0.3 is 6.09 Å². The van der Waals surface area contributed by atoms with Gasteiger partial charge < -0.3 is 14.8 Å². The highest BCUT2D eigenvalue weighted by molar-refractivity contribution is 5.91. The van der Waals surface area contributed by atoms with Crippen LogP contribution in [0.3, 0.4) is 0 Å². The highest BCUT2D eigenvalue weighted by atomic mass is 16.4. The Bertz CT molecular complexity index is 1620. The second-order valence-corrected chi connectivity index (χ2v) is 9.13. The highest BCUT2D eigenvalue weighted by Gasteiger charge is 2.40. The van der Waals surface area contributed by atoms with Crippen LogP contribution in [0.2, 0.25) is 0 Å². The first-order valence-corrected chi connectivity index (χ1v) is 11.8. The van der Waals surface area contributed by atoms with Crippen molar-refractivity contribution in [2.75, 3.05) is 0 Å². The fourth-order valence-electron chi connectivity index (χ4n) is 5.01. The van der Waals surface area contributed by atoms with Crippen molar-refractivity contribution in [2.45, 2.75) is 24.8 Å². The summed E-state index contributed by atoms with van der Waals surface area (Å²) in [5.74, 6) is 0.490. The molecular weight excluding hydrogens is 454 g/mol. The maximum absolute atomic E-state index is 13.8. The SMILES string of the molecule is O=C(O)NC1(c2ccc(-c3c(-c4ccccc4)oc4cc(-c5ccn[nH]5)ccc4c3=O)cc2)CCC1. The molecule has 0 bridgehead atoms. The van der Waals surface area contributed by atoms with E-state index < -0.39 is 11.6 Å². The van der Waals surface area contributed by atoms with E-state index in [0.29, 0.717) is 22.3 Å². The van der Waals surface area contributed by atoms with Crippen molar-refractivity contribution >= 4 is 17.1 Å². The summed E-state index contributed by atoms with van der Waals surface area (Å²) < 4.78 is 6.41. The number of rotatable bonds is 5. The van der Waals surface area contributed by atoms with Crippen molar-refractivity contribution in [1.29, 1.82) is 0 Å². The van der Waals surface area contributed by atoms with Gasteiger partial charge in [-0.3, -0.25) is 9.89 Å². The van der Waals surface area contributed by atoms with E-state index in [4.69, 9.17) is 4.42 Å². The van der Waals surface area contributed by atoms with Crippen LogP contribution in [0.4, 0.5) is 4.79 Å². The number of H-pyrrole nitrogens is 1. The van der Waals surface area contributed by atoms with Crippen LogP contribution >= 0.6 is 0 Å². The van der Waals surface area contributed by atoms with Gasteiger partial charge in [-0.1, -0.05) is 60.7 Å². The lowest BCUT2D eigenvalue weighted by atomic mass is 9.71. The van der Waals surface area contributed by atoms with Crippen LogP contribution in [0.1, 0.15) is 24.8 Å². The largest absolute Gasteiger partial charge is 0.465 e. The molecule has 6 rings (SSSR count). The lowest BCUT2D eigenvalue weighted by molar-refractivity contribution is 0.144. The number of carbonyl (C=O) groups is 1. The Morgan fingerprint density at radius 2 is 1.69 bits per heavy atom. The molecule has 2 heterocycles. The van der Waals surface area contributed by atoms with E-state index in [1.807, 2.05) is 72.8 Å². The number of carboxylic acid groups (broad SMARTS) is 1. The third-order valence-electron chi connectivity index (χ3n) is 7.02. The third-order valence-corrected chi connectivity index (χ3v) is 7.02. The smallest absolute Gasteiger partial charge is 0.405 e. The van der Waals surface area contributed by atoms with Crippen molar-refractivity contribution in [3.8, 4) is 33.7 Å². The van der Waals surface area contributed by atoms with E-state index in [0.717, 1.165) is 47.2 Å². The summed E-state index contributed by atoms with van der Waals surface area (Å²) in [4.78, 5) is 25.2. The number of amides is 1. The van der Waals surface area contributed by atoms with Gasteiger partial charge in [0.05, 0.1) is 22.2 Å². The molecule has 0 saturated heterocycles. The average Bonchev–Trinajstić information content (AvgIpc) is 3.42. The van der Waals surface area contributed by atoms with Gasteiger partial charge in [0.2, 0.25) is 5.43 Å². The van der Waals surface area contributed by atoms with E-state index in [1.165, 1.54) is 0 Å².